The first-order valence-electron chi connectivity index (χ1n) is 4.84. The summed E-state index contributed by atoms with van der Waals surface area (Å²) in [4.78, 5) is 14.4. The summed E-state index contributed by atoms with van der Waals surface area (Å²) in [5.41, 5.74) is 0.877. The first kappa shape index (κ1) is 13.7. The predicted octanol–water partition coefficient (Wildman–Crippen LogP) is 4.03. The van der Waals surface area contributed by atoms with Crippen LogP contribution < -0.4 is 5.32 Å². The lowest BCUT2D eigenvalue weighted by Crippen LogP contribution is -1.99. The number of hydrogen-bond donors (Lipinski definition) is 1. The molecule has 0 saturated heterocycles. The normalized spacial score (nSPS) is 10.3. The molecule has 1 heterocycles. The van der Waals surface area contributed by atoms with Crippen LogP contribution in [-0.4, -0.2) is 9.91 Å². The molecule has 0 aliphatic rings. The smallest absolute Gasteiger partial charge is 0.270 e. The Labute approximate surface area is 129 Å². The topological polar surface area (TPSA) is 68.1 Å². The van der Waals surface area contributed by atoms with Crippen LogP contribution in [-0.2, 0) is 6.54 Å². The van der Waals surface area contributed by atoms with Gasteiger partial charge in [-0.25, -0.2) is 4.98 Å². The zero-order valence-electron chi connectivity index (χ0n) is 8.89. The summed E-state index contributed by atoms with van der Waals surface area (Å²) in [5.74, 6) is 0. The molecule has 0 aliphatic heterocycles. The molecule has 0 aliphatic carbocycles. The van der Waals surface area contributed by atoms with Crippen molar-refractivity contribution in [3.05, 3.63) is 46.9 Å². The highest BCUT2D eigenvalue weighted by Crippen LogP contribution is 2.27. The van der Waals surface area contributed by atoms with Gasteiger partial charge in [-0.3, -0.25) is 10.1 Å². The number of non-ortho nitro benzene ring substituents is 1. The fourth-order valence-corrected chi connectivity index (χ4v) is 3.29. The van der Waals surface area contributed by atoms with E-state index in [1.807, 2.05) is 6.20 Å². The van der Waals surface area contributed by atoms with E-state index >= 15 is 0 Å². The summed E-state index contributed by atoms with van der Waals surface area (Å²) < 4.78 is 1.80. The van der Waals surface area contributed by atoms with E-state index in [9.17, 15) is 10.1 Å². The largest absolute Gasteiger partial charge is 0.378 e. The van der Waals surface area contributed by atoms with E-state index in [1.165, 1.54) is 12.1 Å². The van der Waals surface area contributed by atoms with Gasteiger partial charge < -0.3 is 5.32 Å². The maximum absolute atomic E-state index is 10.6. The molecule has 0 bridgehead atoms. The van der Waals surface area contributed by atoms with Gasteiger partial charge in [-0.15, -0.1) is 11.3 Å². The molecule has 18 heavy (non-hydrogen) atoms. The number of rotatable bonds is 4. The number of nitrogens with zero attached hydrogens (tertiary/aromatic N) is 2. The standard InChI is InChI=1S/C10H7BrIN3O2S/c11-7-3-6(15(16)17)1-2-8(7)13-5-10-14-4-9(12)18-10/h1-4,13H,5H2. The summed E-state index contributed by atoms with van der Waals surface area (Å²) in [6.07, 6.45) is 1.81. The molecule has 0 fully saturated rings. The number of hydrogen-bond acceptors (Lipinski definition) is 5. The van der Waals surface area contributed by atoms with Gasteiger partial charge in [-0.2, -0.15) is 0 Å². The predicted molar refractivity (Wildman–Crippen MR) is 83.0 cm³/mol. The van der Waals surface area contributed by atoms with E-state index in [2.05, 4.69) is 48.8 Å². The highest BCUT2D eigenvalue weighted by Gasteiger charge is 2.09. The van der Waals surface area contributed by atoms with Crippen molar-refractivity contribution in [1.82, 2.24) is 4.98 Å². The van der Waals surface area contributed by atoms with Gasteiger partial charge in [0.05, 0.1) is 20.5 Å². The first-order chi connectivity index (χ1) is 8.56. The van der Waals surface area contributed by atoms with Gasteiger partial charge in [0.2, 0.25) is 0 Å². The van der Waals surface area contributed by atoms with Crippen LogP contribution >= 0.6 is 49.9 Å². The zero-order valence-corrected chi connectivity index (χ0v) is 13.5. The van der Waals surface area contributed by atoms with Gasteiger partial charge in [0.15, 0.2) is 0 Å². The van der Waals surface area contributed by atoms with Crippen molar-refractivity contribution in [1.29, 1.82) is 0 Å². The molecule has 1 aromatic carbocycles. The fraction of sp³-hybridized carbons (Fsp3) is 0.100. The quantitative estimate of drug-likeness (QED) is 0.443. The van der Waals surface area contributed by atoms with Gasteiger partial charge in [0, 0.05) is 22.3 Å². The van der Waals surface area contributed by atoms with E-state index in [0.717, 1.165) is 13.6 Å². The highest BCUT2D eigenvalue weighted by molar-refractivity contribution is 14.1. The third-order valence-electron chi connectivity index (χ3n) is 2.12. The van der Waals surface area contributed by atoms with Crippen molar-refractivity contribution in [2.45, 2.75) is 6.54 Å². The van der Waals surface area contributed by atoms with Crippen LogP contribution in [0.4, 0.5) is 11.4 Å². The molecule has 0 amide bonds. The minimum Gasteiger partial charge on any atom is -0.378 e. The van der Waals surface area contributed by atoms with Crippen molar-refractivity contribution in [3.63, 3.8) is 0 Å². The average Bonchev–Trinajstić information content (AvgIpc) is 2.73. The number of nitrogens with one attached hydrogen (secondary N) is 1. The molecule has 1 aromatic heterocycles. The second kappa shape index (κ2) is 5.93. The van der Waals surface area contributed by atoms with Crippen LogP contribution in [0.3, 0.4) is 0 Å². The van der Waals surface area contributed by atoms with Crippen LogP contribution in [0.1, 0.15) is 5.01 Å². The second-order valence-electron chi connectivity index (χ2n) is 3.33. The highest BCUT2D eigenvalue weighted by atomic mass is 127. The Morgan fingerprint density at radius 1 is 1.56 bits per heavy atom. The third kappa shape index (κ3) is 3.39. The maximum atomic E-state index is 10.6. The lowest BCUT2D eigenvalue weighted by Gasteiger charge is -2.06. The molecule has 5 nitrogen and oxygen atoms in total. The summed E-state index contributed by atoms with van der Waals surface area (Å²) in [5, 5.41) is 14.8. The number of anilines is 1. The van der Waals surface area contributed by atoms with Crippen molar-refractivity contribution in [2.75, 3.05) is 5.32 Å². The van der Waals surface area contributed by atoms with E-state index in [-0.39, 0.29) is 5.69 Å². The van der Waals surface area contributed by atoms with E-state index in [1.54, 1.807) is 17.4 Å². The molecule has 1 N–H and O–H groups in total. The number of nitro benzene ring substituents is 1. The summed E-state index contributed by atoms with van der Waals surface area (Å²) in [7, 11) is 0. The minimum absolute atomic E-state index is 0.0659. The number of aromatic nitrogens is 1. The fourth-order valence-electron chi connectivity index (χ4n) is 1.30. The van der Waals surface area contributed by atoms with Gasteiger partial charge in [-0.05, 0) is 44.6 Å². The van der Waals surface area contributed by atoms with Crippen LogP contribution in [0.5, 0.6) is 0 Å². The minimum atomic E-state index is -0.419. The van der Waals surface area contributed by atoms with E-state index in [0.29, 0.717) is 11.0 Å². The number of benzene rings is 1. The summed E-state index contributed by atoms with van der Waals surface area (Å²) in [6, 6.07) is 4.63. The number of nitro groups is 1. The SMILES string of the molecule is O=[N+]([O-])c1ccc(NCc2ncc(I)s2)c(Br)c1. The Balaban J connectivity index is 2.08. The molecular weight excluding hydrogens is 433 g/mol. The average molecular weight is 440 g/mol. The van der Waals surface area contributed by atoms with Crippen LogP contribution in [0.25, 0.3) is 0 Å². The summed E-state index contributed by atoms with van der Waals surface area (Å²) >= 11 is 7.14. The van der Waals surface area contributed by atoms with Gasteiger partial charge in [-0.1, -0.05) is 0 Å². The lowest BCUT2D eigenvalue weighted by atomic mass is 10.3. The van der Waals surface area contributed by atoms with Crippen molar-refractivity contribution < 1.29 is 4.92 Å². The Hall–Kier alpha value is -0.740. The van der Waals surface area contributed by atoms with E-state index in [4.69, 9.17) is 0 Å². The molecule has 94 valence electrons. The number of thiazole rings is 1. The molecular formula is C10H7BrIN3O2S. The Kier molecular flexibility index (Phi) is 4.51. The monoisotopic (exact) mass is 439 g/mol. The van der Waals surface area contributed by atoms with Gasteiger partial charge >= 0.3 is 0 Å². The maximum Gasteiger partial charge on any atom is 0.270 e. The molecule has 2 rings (SSSR count). The Morgan fingerprint density at radius 2 is 2.33 bits per heavy atom. The van der Waals surface area contributed by atoms with Crippen LogP contribution in [0.2, 0.25) is 0 Å². The first-order valence-corrected chi connectivity index (χ1v) is 7.53. The van der Waals surface area contributed by atoms with Crippen LogP contribution in [0.15, 0.2) is 28.9 Å². The lowest BCUT2D eigenvalue weighted by molar-refractivity contribution is -0.384. The van der Waals surface area contributed by atoms with Crippen molar-refractivity contribution in [3.8, 4) is 0 Å². The van der Waals surface area contributed by atoms with Crippen LogP contribution in [0, 0.1) is 13.0 Å². The molecule has 0 atom stereocenters. The molecule has 0 saturated carbocycles. The Bertz CT molecular complexity index is 590. The van der Waals surface area contributed by atoms with Crippen molar-refractivity contribution in [2.24, 2.45) is 0 Å². The molecule has 8 heteroatoms. The molecule has 0 radical (unpaired) electrons. The zero-order chi connectivity index (χ0) is 13.1. The molecule has 0 spiro atoms. The molecule has 0 unspecified atom stereocenters. The second-order valence-corrected chi connectivity index (χ2v) is 7.20. The number of halogens is 2. The summed E-state index contributed by atoms with van der Waals surface area (Å²) in [6.45, 7) is 0.601. The van der Waals surface area contributed by atoms with E-state index < -0.39 is 4.92 Å². The Morgan fingerprint density at radius 3 is 2.89 bits per heavy atom. The van der Waals surface area contributed by atoms with Crippen molar-refractivity contribution >= 4 is 61.2 Å². The molecule has 2 aromatic rings. The van der Waals surface area contributed by atoms with Gasteiger partial charge in [0.25, 0.3) is 5.69 Å². The van der Waals surface area contributed by atoms with Gasteiger partial charge in [0.1, 0.15) is 5.01 Å². The third-order valence-corrected chi connectivity index (χ3v) is 4.50.